The van der Waals surface area contributed by atoms with E-state index < -0.39 is 10.0 Å². The molecule has 4 nitrogen and oxygen atoms in total. The first kappa shape index (κ1) is 10.9. The summed E-state index contributed by atoms with van der Waals surface area (Å²) in [5.74, 6) is -0.0580. The van der Waals surface area contributed by atoms with Gasteiger partial charge in [0, 0.05) is 18.2 Å². The van der Waals surface area contributed by atoms with Gasteiger partial charge in [0.05, 0.1) is 6.26 Å². The highest BCUT2D eigenvalue weighted by atomic mass is 32.2. The zero-order valence-corrected chi connectivity index (χ0v) is 9.54. The Labute approximate surface area is 94.0 Å². The molecular formula is C11H11NO3S. The molecule has 1 aromatic rings. The molecule has 1 aliphatic carbocycles. The number of carbonyl (C=O) groups is 1. The molecule has 2 rings (SSSR count). The molecule has 0 amide bonds. The minimum Gasteiger partial charge on any atom is -0.294 e. The monoisotopic (exact) mass is 237 g/mol. The van der Waals surface area contributed by atoms with E-state index in [1.807, 2.05) is 24.3 Å². The molecule has 0 aliphatic heterocycles. The molecule has 0 unspecified atom stereocenters. The normalized spacial score (nSPS) is 17.6. The molecule has 16 heavy (non-hydrogen) atoms. The van der Waals surface area contributed by atoms with E-state index in [0.29, 0.717) is 12.0 Å². The number of rotatable bonds is 2. The summed E-state index contributed by atoms with van der Waals surface area (Å²) in [5, 5.41) is 0. The number of sulfonamides is 1. The number of nitrogens with one attached hydrogen (secondary N) is 1. The van der Waals surface area contributed by atoms with Gasteiger partial charge >= 0.3 is 0 Å². The summed E-state index contributed by atoms with van der Waals surface area (Å²) in [7, 11) is -3.32. The fraction of sp³-hybridized carbons (Fsp3) is 0.182. The maximum absolute atomic E-state index is 11.6. The predicted molar refractivity (Wildman–Crippen MR) is 61.1 cm³/mol. The van der Waals surface area contributed by atoms with Crippen molar-refractivity contribution in [2.45, 2.75) is 6.42 Å². The van der Waals surface area contributed by atoms with Crippen molar-refractivity contribution in [2.75, 3.05) is 6.26 Å². The van der Waals surface area contributed by atoms with Gasteiger partial charge in [-0.25, -0.2) is 8.42 Å². The van der Waals surface area contributed by atoms with Gasteiger partial charge in [0.1, 0.15) is 0 Å². The van der Waals surface area contributed by atoms with E-state index in [4.69, 9.17) is 0 Å². The summed E-state index contributed by atoms with van der Waals surface area (Å²) in [6.07, 6.45) is 2.66. The third-order valence-electron chi connectivity index (χ3n) is 2.38. The van der Waals surface area contributed by atoms with Crippen LogP contribution in [0.3, 0.4) is 0 Å². The third-order valence-corrected chi connectivity index (χ3v) is 2.92. The molecule has 5 heteroatoms. The fourth-order valence-corrected chi connectivity index (χ4v) is 2.01. The maximum Gasteiger partial charge on any atom is 0.229 e. The molecule has 0 spiro atoms. The molecule has 0 aromatic heterocycles. The van der Waals surface area contributed by atoms with E-state index in [9.17, 15) is 13.2 Å². The first-order chi connectivity index (χ1) is 7.47. The Balaban J connectivity index is 2.40. The molecule has 1 N–H and O–H groups in total. The first-order valence-corrected chi connectivity index (χ1v) is 6.65. The smallest absolute Gasteiger partial charge is 0.229 e. The van der Waals surface area contributed by atoms with Crippen LogP contribution in [0.25, 0.3) is 5.57 Å². The molecule has 0 bridgehead atoms. The van der Waals surface area contributed by atoms with Crippen molar-refractivity contribution in [1.29, 1.82) is 0 Å². The van der Waals surface area contributed by atoms with Gasteiger partial charge in [-0.2, -0.15) is 0 Å². The van der Waals surface area contributed by atoms with Crippen molar-refractivity contribution in [1.82, 2.24) is 4.72 Å². The summed E-state index contributed by atoms with van der Waals surface area (Å²) >= 11 is 0. The fourth-order valence-electron chi connectivity index (χ4n) is 1.68. The lowest BCUT2D eigenvalue weighted by Gasteiger charge is -2.00. The van der Waals surface area contributed by atoms with Crippen LogP contribution in [-0.4, -0.2) is 20.5 Å². The van der Waals surface area contributed by atoms with E-state index >= 15 is 0 Å². The molecule has 0 fully saturated rings. The van der Waals surface area contributed by atoms with E-state index in [0.717, 1.165) is 17.4 Å². The molecular weight excluding hydrogens is 226 g/mol. The van der Waals surface area contributed by atoms with Gasteiger partial charge in [-0.15, -0.1) is 0 Å². The van der Waals surface area contributed by atoms with Gasteiger partial charge < -0.3 is 0 Å². The second kappa shape index (κ2) is 3.75. The van der Waals surface area contributed by atoms with Crippen LogP contribution in [0.15, 0.2) is 30.5 Å². The highest BCUT2D eigenvalue weighted by molar-refractivity contribution is 7.88. The quantitative estimate of drug-likeness (QED) is 0.770. The molecule has 0 atom stereocenters. The minimum absolute atomic E-state index is 0.0580. The Hall–Kier alpha value is -1.62. The van der Waals surface area contributed by atoms with Crippen molar-refractivity contribution < 1.29 is 13.2 Å². The lowest BCUT2D eigenvalue weighted by atomic mass is 10.1. The maximum atomic E-state index is 11.6. The van der Waals surface area contributed by atoms with Crippen LogP contribution in [0.4, 0.5) is 0 Å². The van der Waals surface area contributed by atoms with E-state index in [-0.39, 0.29) is 5.78 Å². The lowest BCUT2D eigenvalue weighted by Crippen LogP contribution is -2.16. The summed E-state index contributed by atoms with van der Waals surface area (Å²) in [4.78, 5) is 11.6. The van der Waals surface area contributed by atoms with Crippen LogP contribution >= 0.6 is 0 Å². The van der Waals surface area contributed by atoms with Crippen molar-refractivity contribution in [3.05, 3.63) is 41.6 Å². The molecule has 0 saturated carbocycles. The molecule has 0 heterocycles. The van der Waals surface area contributed by atoms with Crippen LogP contribution < -0.4 is 4.72 Å². The van der Waals surface area contributed by atoms with Gasteiger partial charge in [0.15, 0.2) is 5.78 Å². The molecule has 0 saturated heterocycles. The van der Waals surface area contributed by atoms with Crippen LogP contribution in [0.2, 0.25) is 0 Å². The lowest BCUT2D eigenvalue weighted by molar-refractivity contribution is -0.112. The number of ketones is 1. The number of fused-ring (bicyclic) bond motifs is 1. The Morgan fingerprint density at radius 3 is 2.69 bits per heavy atom. The largest absolute Gasteiger partial charge is 0.294 e. The zero-order chi connectivity index (χ0) is 11.8. The van der Waals surface area contributed by atoms with Crippen molar-refractivity contribution in [2.24, 2.45) is 0 Å². The Bertz CT molecular complexity index is 573. The van der Waals surface area contributed by atoms with Crippen molar-refractivity contribution in [3.63, 3.8) is 0 Å². The average molecular weight is 237 g/mol. The van der Waals surface area contributed by atoms with Gasteiger partial charge in [-0.05, 0) is 11.1 Å². The summed E-state index contributed by atoms with van der Waals surface area (Å²) in [6.45, 7) is 0. The average Bonchev–Trinajstić information content (AvgIpc) is 2.49. The summed E-state index contributed by atoms with van der Waals surface area (Å²) < 4.78 is 24.1. The molecule has 1 aromatic carbocycles. The minimum atomic E-state index is -3.32. The standard InChI is InChI=1S/C11H11NO3S/c1-16(14,15)12-7-10-9-5-3-2-4-8(9)6-11(10)13/h2-5,7,12H,6H2,1H3/b10-7-. The SMILES string of the molecule is CS(=O)(=O)N/C=C1\C(=O)Cc2ccccc21. The van der Waals surface area contributed by atoms with Crippen LogP contribution in [0, 0.1) is 0 Å². The van der Waals surface area contributed by atoms with Crippen molar-refractivity contribution in [3.8, 4) is 0 Å². The second-order valence-electron chi connectivity index (χ2n) is 3.71. The highest BCUT2D eigenvalue weighted by Crippen LogP contribution is 2.28. The predicted octanol–water partition coefficient (Wildman–Crippen LogP) is 0.702. The van der Waals surface area contributed by atoms with E-state index in [1.165, 1.54) is 6.20 Å². The number of carbonyl (C=O) groups excluding carboxylic acids is 1. The summed E-state index contributed by atoms with van der Waals surface area (Å²) in [5.41, 5.74) is 2.18. The Kier molecular flexibility index (Phi) is 2.55. The zero-order valence-electron chi connectivity index (χ0n) is 8.73. The summed E-state index contributed by atoms with van der Waals surface area (Å²) in [6, 6.07) is 7.37. The molecule has 0 radical (unpaired) electrons. The van der Waals surface area contributed by atoms with Gasteiger partial charge in [-0.3, -0.25) is 9.52 Å². The highest BCUT2D eigenvalue weighted by Gasteiger charge is 2.23. The Morgan fingerprint density at radius 2 is 2.00 bits per heavy atom. The molecule has 84 valence electrons. The van der Waals surface area contributed by atoms with E-state index in [2.05, 4.69) is 4.72 Å². The van der Waals surface area contributed by atoms with Gasteiger partial charge in [0.2, 0.25) is 10.0 Å². The number of allylic oxidation sites excluding steroid dienone is 1. The Morgan fingerprint density at radius 1 is 1.31 bits per heavy atom. The molecule has 1 aliphatic rings. The first-order valence-electron chi connectivity index (χ1n) is 4.76. The van der Waals surface area contributed by atoms with E-state index in [1.54, 1.807) is 0 Å². The second-order valence-corrected chi connectivity index (χ2v) is 5.49. The van der Waals surface area contributed by atoms with Crippen molar-refractivity contribution >= 4 is 21.4 Å². The van der Waals surface area contributed by atoms with Gasteiger partial charge in [0.25, 0.3) is 0 Å². The van der Waals surface area contributed by atoms with Gasteiger partial charge in [-0.1, -0.05) is 24.3 Å². The van der Waals surface area contributed by atoms with Crippen LogP contribution in [0.1, 0.15) is 11.1 Å². The number of hydrogen-bond donors (Lipinski definition) is 1. The third kappa shape index (κ3) is 2.14. The number of benzene rings is 1. The topological polar surface area (TPSA) is 63.2 Å². The number of Topliss-reactive ketones (excluding diaryl/α,β-unsaturated/α-hetero) is 1. The van der Waals surface area contributed by atoms with Crippen LogP contribution in [-0.2, 0) is 21.2 Å². The number of hydrogen-bond acceptors (Lipinski definition) is 3. The van der Waals surface area contributed by atoms with Crippen LogP contribution in [0.5, 0.6) is 0 Å².